The van der Waals surface area contributed by atoms with Gasteiger partial charge >= 0.3 is 5.97 Å². The predicted octanol–water partition coefficient (Wildman–Crippen LogP) is 2.67. The Hall–Kier alpha value is -1.78. The maximum Gasteiger partial charge on any atom is 0.371 e. The molecule has 2 N–H and O–H groups in total. The molecule has 5 rings (SSSR count). The topological polar surface area (TPSA) is 79.5 Å². The third-order valence-electron chi connectivity index (χ3n) is 5.84. The van der Waals surface area contributed by atoms with Crippen molar-refractivity contribution in [2.24, 2.45) is 29.6 Å². The Morgan fingerprint density at radius 1 is 1.09 bits per heavy atom. The van der Waals surface area contributed by atoms with E-state index in [-0.39, 0.29) is 24.1 Å². The van der Waals surface area contributed by atoms with Crippen LogP contribution in [-0.2, 0) is 11.3 Å². The molecule has 1 aromatic heterocycles. The number of carbonyl (C=O) groups excluding carboxylic acids is 1. The van der Waals surface area contributed by atoms with Crippen molar-refractivity contribution < 1.29 is 19.1 Å². The largest absolute Gasteiger partial charge is 0.475 e. The van der Waals surface area contributed by atoms with Gasteiger partial charge in [0.15, 0.2) is 0 Å². The molecule has 4 aliphatic rings. The van der Waals surface area contributed by atoms with Crippen LogP contribution in [0.2, 0.25) is 0 Å². The molecule has 0 atom stereocenters. The lowest BCUT2D eigenvalue weighted by atomic mass is 9.51. The van der Waals surface area contributed by atoms with E-state index in [0.717, 1.165) is 11.8 Å². The number of aromatic carboxylic acids is 1. The highest BCUT2D eigenvalue weighted by Crippen LogP contribution is 2.56. The molecule has 4 saturated carbocycles. The molecule has 0 aromatic carbocycles. The Balaban J connectivity index is 1.39. The molecule has 5 heteroatoms. The quantitative estimate of drug-likeness (QED) is 0.896. The molecule has 118 valence electrons. The number of furan rings is 1. The maximum absolute atomic E-state index is 12.6. The minimum atomic E-state index is -1.08. The first-order valence-corrected chi connectivity index (χ1v) is 8.20. The first-order chi connectivity index (χ1) is 10.6. The smallest absolute Gasteiger partial charge is 0.371 e. The van der Waals surface area contributed by atoms with Crippen LogP contribution < -0.4 is 5.32 Å². The van der Waals surface area contributed by atoms with Gasteiger partial charge in [-0.3, -0.25) is 4.79 Å². The van der Waals surface area contributed by atoms with E-state index >= 15 is 0 Å². The third kappa shape index (κ3) is 2.32. The van der Waals surface area contributed by atoms with Crippen molar-refractivity contribution in [2.45, 2.75) is 38.6 Å². The molecule has 0 unspecified atom stereocenters. The number of nitrogens with one attached hydrogen (secondary N) is 1. The first-order valence-electron chi connectivity index (χ1n) is 8.20. The highest BCUT2D eigenvalue weighted by atomic mass is 16.4. The SMILES string of the molecule is O=C(O)c1ccc(CNC(=O)C2C3CC4CC(C3)CC2C4)o1. The van der Waals surface area contributed by atoms with Gasteiger partial charge in [-0.2, -0.15) is 0 Å². The summed E-state index contributed by atoms with van der Waals surface area (Å²) in [5, 5.41) is 11.8. The lowest BCUT2D eigenvalue weighted by molar-refractivity contribution is -0.138. The van der Waals surface area contributed by atoms with Crippen LogP contribution in [0.1, 0.15) is 48.4 Å². The van der Waals surface area contributed by atoms with Crippen molar-refractivity contribution in [3.05, 3.63) is 23.7 Å². The van der Waals surface area contributed by atoms with E-state index in [1.165, 1.54) is 38.2 Å². The lowest BCUT2D eigenvalue weighted by Crippen LogP contribution is -2.50. The summed E-state index contributed by atoms with van der Waals surface area (Å²) < 4.78 is 5.19. The van der Waals surface area contributed by atoms with E-state index in [1.54, 1.807) is 6.07 Å². The minimum Gasteiger partial charge on any atom is -0.475 e. The highest BCUT2D eigenvalue weighted by molar-refractivity contribution is 5.84. The number of amides is 1. The van der Waals surface area contributed by atoms with Gasteiger partial charge in [-0.1, -0.05) is 0 Å². The summed E-state index contributed by atoms with van der Waals surface area (Å²) in [6.07, 6.45) is 6.25. The van der Waals surface area contributed by atoms with E-state index in [9.17, 15) is 9.59 Å². The van der Waals surface area contributed by atoms with Crippen LogP contribution in [0.25, 0.3) is 0 Å². The van der Waals surface area contributed by atoms with Gasteiger partial charge in [0, 0.05) is 5.92 Å². The Morgan fingerprint density at radius 2 is 1.73 bits per heavy atom. The van der Waals surface area contributed by atoms with E-state index in [1.807, 2.05) is 0 Å². The van der Waals surface area contributed by atoms with Crippen LogP contribution in [0.3, 0.4) is 0 Å². The van der Waals surface area contributed by atoms with Gasteiger partial charge in [-0.25, -0.2) is 4.79 Å². The second-order valence-corrected chi connectivity index (χ2v) is 7.25. The molecule has 0 aliphatic heterocycles. The minimum absolute atomic E-state index is 0.0844. The molecule has 5 nitrogen and oxygen atoms in total. The summed E-state index contributed by atoms with van der Waals surface area (Å²) in [6, 6.07) is 3.04. The fraction of sp³-hybridized carbons (Fsp3) is 0.647. The van der Waals surface area contributed by atoms with Gasteiger partial charge in [-0.15, -0.1) is 0 Å². The highest BCUT2D eigenvalue weighted by Gasteiger charge is 2.50. The molecular formula is C17H21NO4. The number of carboxylic acid groups (broad SMARTS) is 1. The van der Waals surface area contributed by atoms with E-state index < -0.39 is 5.97 Å². The number of rotatable bonds is 4. The van der Waals surface area contributed by atoms with Crippen LogP contribution in [0, 0.1) is 29.6 Å². The fourth-order valence-corrected chi connectivity index (χ4v) is 5.23. The molecule has 1 amide bonds. The summed E-state index contributed by atoms with van der Waals surface area (Å²) in [6.45, 7) is 0.273. The van der Waals surface area contributed by atoms with Gasteiger partial charge in [0.05, 0.1) is 6.54 Å². The van der Waals surface area contributed by atoms with Crippen LogP contribution in [0.5, 0.6) is 0 Å². The molecule has 1 aromatic rings. The lowest BCUT2D eigenvalue weighted by Gasteiger charge is -2.53. The average molecular weight is 303 g/mol. The molecular weight excluding hydrogens is 282 g/mol. The molecule has 1 heterocycles. The van der Waals surface area contributed by atoms with Crippen molar-refractivity contribution in [2.75, 3.05) is 0 Å². The number of carboxylic acids is 1. The standard InChI is InChI=1S/C17H21NO4/c19-16(18-8-13-1-2-14(22-13)17(20)21)15-11-4-9-3-10(6-11)7-12(15)5-9/h1-2,9-12,15H,3-8H2,(H,18,19)(H,20,21). The normalized spacial score (nSPS) is 35.5. The summed E-state index contributed by atoms with van der Waals surface area (Å²) in [4.78, 5) is 23.4. The molecule has 22 heavy (non-hydrogen) atoms. The molecule has 4 aliphatic carbocycles. The monoisotopic (exact) mass is 303 g/mol. The Bertz CT molecular complexity index is 578. The zero-order valence-corrected chi connectivity index (χ0v) is 12.5. The van der Waals surface area contributed by atoms with Crippen molar-refractivity contribution >= 4 is 11.9 Å². The van der Waals surface area contributed by atoms with Crippen molar-refractivity contribution in [1.29, 1.82) is 0 Å². The van der Waals surface area contributed by atoms with Crippen molar-refractivity contribution in [3.63, 3.8) is 0 Å². The molecule has 4 fully saturated rings. The van der Waals surface area contributed by atoms with E-state index in [0.29, 0.717) is 17.6 Å². The first kappa shape index (κ1) is 13.9. The van der Waals surface area contributed by atoms with Gasteiger partial charge in [0.25, 0.3) is 0 Å². The van der Waals surface area contributed by atoms with E-state index in [4.69, 9.17) is 9.52 Å². The van der Waals surface area contributed by atoms with E-state index in [2.05, 4.69) is 5.32 Å². The average Bonchev–Trinajstić information content (AvgIpc) is 2.93. The zero-order chi connectivity index (χ0) is 15.3. The number of hydrogen-bond acceptors (Lipinski definition) is 3. The summed E-state index contributed by atoms with van der Waals surface area (Å²) in [5.41, 5.74) is 0. The Kier molecular flexibility index (Phi) is 3.24. The van der Waals surface area contributed by atoms with Crippen LogP contribution >= 0.6 is 0 Å². The number of hydrogen-bond donors (Lipinski definition) is 2. The predicted molar refractivity (Wildman–Crippen MR) is 78.0 cm³/mol. The molecule has 0 radical (unpaired) electrons. The van der Waals surface area contributed by atoms with Crippen LogP contribution in [0.15, 0.2) is 16.5 Å². The molecule has 4 bridgehead atoms. The number of carbonyl (C=O) groups is 2. The second-order valence-electron chi connectivity index (χ2n) is 7.25. The summed E-state index contributed by atoms with van der Waals surface area (Å²) in [5.74, 6) is 2.44. The van der Waals surface area contributed by atoms with Gasteiger partial charge in [0.1, 0.15) is 5.76 Å². The molecule has 0 saturated heterocycles. The third-order valence-corrected chi connectivity index (χ3v) is 5.84. The maximum atomic E-state index is 12.6. The van der Waals surface area contributed by atoms with Crippen molar-refractivity contribution in [1.82, 2.24) is 5.32 Å². The molecule has 0 spiro atoms. The van der Waals surface area contributed by atoms with Gasteiger partial charge in [-0.05, 0) is 67.9 Å². The Morgan fingerprint density at radius 3 is 2.27 bits per heavy atom. The van der Waals surface area contributed by atoms with Gasteiger partial charge < -0.3 is 14.8 Å². The van der Waals surface area contributed by atoms with Gasteiger partial charge in [0.2, 0.25) is 11.7 Å². The summed E-state index contributed by atoms with van der Waals surface area (Å²) in [7, 11) is 0. The summed E-state index contributed by atoms with van der Waals surface area (Å²) >= 11 is 0. The fourth-order valence-electron chi connectivity index (χ4n) is 5.23. The van der Waals surface area contributed by atoms with Crippen LogP contribution in [-0.4, -0.2) is 17.0 Å². The second kappa shape index (κ2) is 5.14. The van der Waals surface area contributed by atoms with Crippen molar-refractivity contribution in [3.8, 4) is 0 Å². The zero-order valence-electron chi connectivity index (χ0n) is 12.5. The Labute approximate surface area is 129 Å². The van der Waals surface area contributed by atoms with Crippen LogP contribution in [0.4, 0.5) is 0 Å².